The maximum absolute atomic E-state index is 14.0. The van der Waals surface area contributed by atoms with Crippen molar-refractivity contribution in [2.45, 2.75) is 25.8 Å². The molecule has 5 nitrogen and oxygen atoms in total. The second-order valence-electron chi connectivity index (χ2n) is 7.72. The summed E-state index contributed by atoms with van der Waals surface area (Å²) in [7, 11) is -3.15. The van der Waals surface area contributed by atoms with Crippen LogP contribution in [0.2, 0.25) is 0 Å². The van der Waals surface area contributed by atoms with Gasteiger partial charge in [-0.25, -0.2) is 17.1 Å². The number of piperidine rings is 1. The quantitative estimate of drug-likeness (QED) is 0.697. The van der Waals surface area contributed by atoms with Gasteiger partial charge in [-0.05, 0) is 72.2 Å². The average Bonchev–Trinajstić information content (AvgIpc) is 2.67. The summed E-state index contributed by atoms with van der Waals surface area (Å²) < 4.78 is 39.0. The van der Waals surface area contributed by atoms with Crippen molar-refractivity contribution >= 4 is 26.5 Å². The van der Waals surface area contributed by atoms with E-state index in [1.54, 1.807) is 12.3 Å². The number of halogens is 1. The van der Waals surface area contributed by atoms with E-state index < -0.39 is 10.0 Å². The van der Waals surface area contributed by atoms with Crippen molar-refractivity contribution in [3.63, 3.8) is 0 Å². The third kappa shape index (κ3) is 4.41. The topological polar surface area (TPSA) is 62.3 Å². The Morgan fingerprint density at radius 1 is 1.10 bits per heavy atom. The Labute approximate surface area is 170 Å². The Morgan fingerprint density at radius 2 is 1.83 bits per heavy atom. The smallest absolute Gasteiger partial charge is 0.211 e. The molecule has 0 spiro atoms. The van der Waals surface area contributed by atoms with Crippen LogP contribution in [0, 0.1) is 12.7 Å². The molecule has 0 aliphatic carbocycles. The summed E-state index contributed by atoms with van der Waals surface area (Å²) in [6, 6.07) is 11.2. The second-order valence-corrected chi connectivity index (χ2v) is 9.70. The first-order valence-electron chi connectivity index (χ1n) is 9.66. The summed E-state index contributed by atoms with van der Waals surface area (Å²) in [4.78, 5) is 4.25. The number of nitrogens with zero attached hydrogens (tertiary/aromatic N) is 2. The zero-order chi connectivity index (χ0) is 20.6. The van der Waals surface area contributed by atoms with Gasteiger partial charge in [0.2, 0.25) is 10.0 Å². The van der Waals surface area contributed by atoms with E-state index in [1.165, 1.54) is 16.6 Å². The summed E-state index contributed by atoms with van der Waals surface area (Å²) in [5.74, 6) is -0.252. The number of nitrogens with one attached hydrogen (secondary N) is 1. The van der Waals surface area contributed by atoms with Gasteiger partial charge < -0.3 is 5.32 Å². The van der Waals surface area contributed by atoms with Gasteiger partial charge in [0, 0.05) is 42.6 Å². The average molecular weight is 414 g/mol. The first-order chi connectivity index (χ1) is 13.8. The first kappa shape index (κ1) is 19.8. The van der Waals surface area contributed by atoms with Crippen molar-refractivity contribution in [1.29, 1.82) is 0 Å². The molecule has 4 rings (SSSR count). The minimum atomic E-state index is -3.15. The first-order valence-corrected chi connectivity index (χ1v) is 11.5. The predicted molar refractivity (Wildman–Crippen MR) is 115 cm³/mol. The van der Waals surface area contributed by atoms with Gasteiger partial charge in [-0.15, -0.1) is 0 Å². The molecule has 1 fully saturated rings. The number of anilines is 1. The van der Waals surface area contributed by atoms with E-state index in [2.05, 4.69) is 10.3 Å². The van der Waals surface area contributed by atoms with Crippen LogP contribution in [-0.4, -0.2) is 43.1 Å². The Hall–Kier alpha value is -2.51. The Kier molecular flexibility index (Phi) is 5.27. The summed E-state index contributed by atoms with van der Waals surface area (Å²) >= 11 is 0. The van der Waals surface area contributed by atoms with Crippen LogP contribution in [-0.2, 0) is 10.0 Å². The second kappa shape index (κ2) is 7.72. The highest BCUT2D eigenvalue weighted by Crippen LogP contribution is 2.32. The molecule has 7 heteroatoms. The summed E-state index contributed by atoms with van der Waals surface area (Å²) in [5.41, 5.74) is 3.57. The van der Waals surface area contributed by atoms with Crippen molar-refractivity contribution in [2.24, 2.45) is 0 Å². The van der Waals surface area contributed by atoms with E-state index in [0.29, 0.717) is 13.1 Å². The standard InChI is InChI=1S/C22H24FN3O2S/c1-15-9-17(12-19(23)10-15)18-11-16-3-6-24-14-21(16)22(13-18)25-20-4-7-26(8-5-20)29(2,27)28/h3,6,9-14,20,25H,4-5,7-8H2,1-2H3. The molecule has 152 valence electrons. The molecular formula is C22H24FN3O2S. The summed E-state index contributed by atoms with van der Waals surface area (Å²) in [6.07, 6.45) is 6.29. The highest BCUT2D eigenvalue weighted by molar-refractivity contribution is 7.88. The molecule has 0 saturated carbocycles. The van der Waals surface area contributed by atoms with E-state index in [1.807, 2.05) is 37.4 Å². The Morgan fingerprint density at radius 3 is 2.52 bits per heavy atom. The number of aromatic nitrogens is 1. The van der Waals surface area contributed by atoms with E-state index in [0.717, 1.165) is 46.0 Å². The lowest BCUT2D eigenvalue weighted by Crippen LogP contribution is -2.41. The van der Waals surface area contributed by atoms with E-state index in [-0.39, 0.29) is 11.9 Å². The van der Waals surface area contributed by atoms with Gasteiger partial charge in [0.05, 0.1) is 6.26 Å². The van der Waals surface area contributed by atoms with Crippen LogP contribution in [0.25, 0.3) is 21.9 Å². The van der Waals surface area contributed by atoms with Crippen LogP contribution >= 0.6 is 0 Å². The van der Waals surface area contributed by atoms with Crippen molar-refractivity contribution in [3.8, 4) is 11.1 Å². The van der Waals surface area contributed by atoms with Crippen molar-refractivity contribution in [2.75, 3.05) is 24.7 Å². The molecule has 1 aliphatic rings. The zero-order valence-corrected chi connectivity index (χ0v) is 17.3. The Bertz CT molecular complexity index is 1140. The molecule has 0 bridgehead atoms. The molecular weight excluding hydrogens is 389 g/mol. The monoisotopic (exact) mass is 413 g/mol. The third-order valence-corrected chi connectivity index (χ3v) is 6.72. The number of sulfonamides is 1. The highest BCUT2D eigenvalue weighted by atomic mass is 32.2. The number of pyridine rings is 1. The third-order valence-electron chi connectivity index (χ3n) is 5.41. The zero-order valence-electron chi connectivity index (χ0n) is 16.5. The normalized spacial score (nSPS) is 16.2. The Balaban J connectivity index is 1.67. The summed E-state index contributed by atoms with van der Waals surface area (Å²) in [6.45, 7) is 2.90. The van der Waals surface area contributed by atoms with Crippen molar-refractivity contribution in [1.82, 2.24) is 9.29 Å². The maximum Gasteiger partial charge on any atom is 0.211 e. The summed E-state index contributed by atoms with van der Waals surface area (Å²) in [5, 5.41) is 5.60. The molecule has 0 radical (unpaired) electrons. The van der Waals surface area contributed by atoms with E-state index in [4.69, 9.17) is 0 Å². The molecule has 1 saturated heterocycles. The lowest BCUT2D eigenvalue weighted by Gasteiger charge is -2.31. The molecule has 3 aromatic rings. The highest BCUT2D eigenvalue weighted by Gasteiger charge is 2.25. The number of hydrogen-bond acceptors (Lipinski definition) is 4. The maximum atomic E-state index is 14.0. The number of rotatable bonds is 4. The molecule has 2 heterocycles. The fraction of sp³-hybridized carbons (Fsp3) is 0.318. The van der Waals surface area contributed by atoms with Gasteiger partial charge in [-0.3, -0.25) is 4.98 Å². The lowest BCUT2D eigenvalue weighted by atomic mass is 9.98. The molecule has 1 N–H and O–H groups in total. The fourth-order valence-electron chi connectivity index (χ4n) is 3.94. The fourth-order valence-corrected chi connectivity index (χ4v) is 4.81. The van der Waals surface area contributed by atoms with Crippen LogP contribution < -0.4 is 5.32 Å². The lowest BCUT2D eigenvalue weighted by molar-refractivity contribution is 0.332. The molecule has 1 aliphatic heterocycles. The van der Waals surface area contributed by atoms with Gasteiger partial charge in [0.1, 0.15) is 5.82 Å². The predicted octanol–water partition coefficient (Wildman–Crippen LogP) is 4.19. The van der Waals surface area contributed by atoms with Crippen LogP contribution in [0.15, 0.2) is 48.8 Å². The van der Waals surface area contributed by atoms with Crippen LogP contribution in [0.1, 0.15) is 18.4 Å². The van der Waals surface area contributed by atoms with Crippen molar-refractivity contribution < 1.29 is 12.8 Å². The van der Waals surface area contributed by atoms with Gasteiger partial charge in [0.25, 0.3) is 0 Å². The number of benzene rings is 2. The molecule has 0 amide bonds. The largest absolute Gasteiger partial charge is 0.382 e. The van der Waals surface area contributed by atoms with Crippen LogP contribution in [0.5, 0.6) is 0 Å². The molecule has 1 aromatic heterocycles. The number of aryl methyl sites for hydroxylation is 1. The van der Waals surface area contributed by atoms with Gasteiger partial charge in [-0.1, -0.05) is 6.07 Å². The number of fused-ring (bicyclic) bond motifs is 1. The van der Waals surface area contributed by atoms with E-state index in [9.17, 15) is 12.8 Å². The van der Waals surface area contributed by atoms with Crippen molar-refractivity contribution in [3.05, 3.63) is 60.2 Å². The molecule has 0 unspecified atom stereocenters. The SMILES string of the molecule is Cc1cc(F)cc(-c2cc(NC3CCN(S(C)(=O)=O)CC3)c3cnccc3c2)c1. The molecule has 2 aromatic carbocycles. The van der Waals surface area contributed by atoms with Gasteiger partial charge in [-0.2, -0.15) is 0 Å². The minimum absolute atomic E-state index is 0.168. The minimum Gasteiger partial charge on any atom is -0.382 e. The molecule has 0 atom stereocenters. The van der Waals surface area contributed by atoms with Gasteiger partial charge >= 0.3 is 0 Å². The van der Waals surface area contributed by atoms with Crippen LogP contribution in [0.4, 0.5) is 10.1 Å². The van der Waals surface area contributed by atoms with Gasteiger partial charge in [0.15, 0.2) is 0 Å². The molecule has 29 heavy (non-hydrogen) atoms. The number of hydrogen-bond donors (Lipinski definition) is 1. The van der Waals surface area contributed by atoms with E-state index >= 15 is 0 Å². The van der Waals surface area contributed by atoms with Crippen LogP contribution in [0.3, 0.4) is 0 Å².